The Morgan fingerprint density at radius 3 is 2.24 bits per heavy atom. The van der Waals surface area contributed by atoms with Crippen LogP contribution < -0.4 is 5.32 Å². The van der Waals surface area contributed by atoms with Crippen LogP contribution in [0.4, 0.5) is 0 Å². The van der Waals surface area contributed by atoms with Crippen LogP contribution >= 0.6 is 0 Å². The van der Waals surface area contributed by atoms with Gasteiger partial charge in [0.2, 0.25) is 0 Å². The van der Waals surface area contributed by atoms with Gasteiger partial charge in [-0.2, -0.15) is 0 Å². The van der Waals surface area contributed by atoms with E-state index in [2.05, 4.69) is 53.8 Å². The number of nitrogens with one attached hydrogen (secondary N) is 1. The van der Waals surface area contributed by atoms with Crippen molar-refractivity contribution >= 4 is 0 Å². The van der Waals surface area contributed by atoms with Crippen LogP contribution in [0.1, 0.15) is 80.6 Å². The SMILES string of the molecule is COC(C)(C)CCC1CC(C)(C)CCC1CNC(C)(C)C. The van der Waals surface area contributed by atoms with Crippen molar-refractivity contribution in [1.82, 2.24) is 5.32 Å². The Bertz CT molecular complexity index is 314. The minimum atomic E-state index is 0.0175. The summed E-state index contributed by atoms with van der Waals surface area (Å²) < 4.78 is 5.61. The molecule has 21 heavy (non-hydrogen) atoms. The van der Waals surface area contributed by atoms with Gasteiger partial charge in [0.1, 0.15) is 0 Å². The third-order valence-corrected chi connectivity index (χ3v) is 5.24. The summed E-state index contributed by atoms with van der Waals surface area (Å²) in [7, 11) is 1.84. The molecule has 0 aromatic rings. The second-order valence-electron chi connectivity index (χ2n) is 9.56. The van der Waals surface area contributed by atoms with Crippen LogP contribution in [0.2, 0.25) is 0 Å². The van der Waals surface area contributed by atoms with Crippen LogP contribution in [0.25, 0.3) is 0 Å². The van der Waals surface area contributed by atoms with Crippen LogP contribution in [0.15, 0.2) is 0 Å². The van der Waals surface area contributed by atoms with E-state index < -0.39 is 0 Å². The average Bonchev–Trinajstić information content (AvgIpc) is 2.33. The van der Waals surface area contributed by atoms with Crippen molar-refractivity contribution in [2.24, 2.45) is 17.3 Å². The predicted molar refractivity (Wildman–Crippen MR) is 92.7 cm³/mol. The van der Waals surface area contributed by atoms with Crippen molar-refractivity contribution in [1.29, 1.82) is 0 Å². The van der Waals surface area contributed by atoms with E-state index in [-0.39, 0.29) is 11.1 Å². The Hall–Kier alpha value is -0.0800. The standard InChI is InChI=1S/C19H39NO/c1-17(2,3)20-14-16-9-11-18(4,5)13-15(16)10-12-19(6,7)21-8/h15-16,20H,9-14H2,1-8H3. The summed E-state index contributed by atoms with van der Waals surface area (Å²) in [6.45, 7) is 17.3. The average molecular weight is 298 g/mol. The predicted octanol–water partition coefficient (Wildman–Crippen LogP) is 5.02. The van der Waals surface area contributed by atoms with Gasteiger partial charge in [0.25, 0.3) is 0 Å². The number of hydrogen-bond donors (Lipinski definition) is 1. The third kappa shape index (κ3) is 7.15. The van der Waals surface area contributed by atoms with E-state index in [1.807, 2.05) is 7.11 Å². The fraction of sp³-hybridized carbons (Fsp3) is 1.00. The van der Waals surface area contributed by atoms with E-state index in [0.29, 0.717) is 5.41 Å². The molecule has 0 spiro atoms. The van der Waals surface area contributed by atoms with Gasteiger partial charge < -0.3 is 10.1 Å². The van der Waals surface area contributed by atoms with Gasteiger partial charge in [0.05, 0.1) is 5.60 Å². The molecule has 1 N–H and O–H groups in total. The Labute approximate surface area is 133 Å². The molecule has 126 valence electrons. The second-order valence-corrected chi connectivity index (χ2v) is 9.56. The summed E-state index contributed by atoms with van der Waals surface area (Å²) in [5.41, 5.74) is 0.757. The first-order valence-electron chi connectivity index (χ1n) is 8.74. The lowest BCUT2D eigenvalue weighted by Crippen LogP contribution is -2.43. The zero-order chi connectivity index (χ0) is 16.3. The van der Waals surface area contributed by atoms with Gasteiger partial charge in [-0.3, -0.25) is 0 Å². The van der Waals surface area contributed by atoms with Crippen molar-refractivity contribution in [3.8, 4) is 0 Å². The van der Waals surface area contributed by atoms with Crippen molar-refractivity contribution in [3.05, 3.63) is 0 Å². The van der Waals surface area contributed by atoms with Crippen LogP contribution in [-0.2, 0) is 4.74 Å². The first kappa shape index (κ1) is 19.0. The molecule has 0 bridgehead atoms. The van der Waals surface area contributed by atoms with Gasteiger partial charge in [-0.1, -0.05) is 13.8 Å². The Kier molecular flexibility index (Phi) is 6.32. The maximum Gasteiger partial charge on any atom is 0.0622 e. The van der Waals surface area contributed by atoms with Crippen molar-refractivity contribution in [2.45, 2.75) is 91.7 Å². The second kappa shape index (κ2) is 7.00. The van der Waals surface area contributed by atoms with E-state index >= 15 is 0 Å². The van der Waals surface area contributed by atoms with Crippen molar-refractivity contribution in [3.63, 3.8) is 0 Å². The number of methoxy groups -OCH3 is 1. The molecule has 2 nitrogen and oxygen atoms in total. The summed E-state index contributed by atoms with van der Waals surface area (Å²) >= 11 is 0. The third-order valence-electron chi connectivity index (χ3n) is 5.24. The molecule has 1 saturated carbocycles. The van der Waals surface area contributed by atoms with Gasteiger partial charge >= 0.3 is 0 Å². The Balaban J connectivity index is 2.62. The quantitative estimate of drug-likeness (QED) is 0.743. The van der Waals surface area contributed by atoms with Crippen molar-refractivity contribution in [2.75, 3.05) is 13.7 Å². The van der Waals surface area contributed by atoms with Crippen LogP contribution in [-0.4, -0.2) is 24.8 Å². The fourth-order valence-corrected chi connectivity index (χ4v) is 3.47. The molecule has 0 aromatic carbocycles. The highest BCUT2D eigenvalue weighted by molar-refractivity contribution is 4.88. The molecule has 0 aromatic heterocycles. The van der Waals surface area contributed by atoms with Gasteiger partial charge in [0.15, 0.2) is 0 Å². The first-order chi connectivity index (χ1) is 9.44. The molecular formula is C19H39NO. The minimum Gasteiger partial charge on any atom is -0.379 e. The van der Waals surface area contributed by atoms with Crippen LogP contribution in [0.5, 0.6) is 0 Å². The fourth-order valence-electron chi connectivity index (χ4n) is 3.47. The molecule has 2 atom stereocenters. The maximum absolute atomic E-state index is 5.61. The molecule has 1 aliphatic carbocycles. The highest BCUT2D eigenvalue weighted by Gasteiger charge is 2.35. The van der Waals surface area contributed by atoms with E-state index in [4.69, 9.17) is 4.74 Å². The summed E-state index contributed by atoms with van der Waals surface area (Å²) in [4.78, 5) is 0. The molecule has 2 unspecified atom stereocenters. The van der Waals surface area contributed by atoms with E-state index in [0.717, 1.165) is 24.8 Å². The molecule has 0 saturated heterocycles. The van der Waals surface area contributed by atoms with Gasteiger partial charge in [-0.05, 0) is 90.5 Å². The maximum atomic E-state index is 5.61. The molecule has 1 fully saturated rings. The molecule has 1 aliphatic rings. The summed E-state index contributed by atoms with van der Waals surface area (Å²) in [5, 5.41) is 3.73. The number of rotatable bonds is 6. The summed E-state index contributed by atoms with van der Waals surface area (Å²) in [6, 6.07) is 0. The summed E-state index contributed by atoms with van der Waals surface area (Å²) in [6.07, 6.45) is 6.56. The lowest BCUT2D eigenvalue weighted by Gasteiger charge is -2.43. The van der Waals surface area contributed by atoms with Gasteiger partial charge in [-0.15, -0.1) is 0 Å². The molecule has 1 rings (SSSR count). The molecule has 0 radical (unpaired) electrons. The van der Waals surface area contributed by atoms with Gasteiger partial charge in [0, 0.05) is 12.6 Å². The smallest absolute Gasteiger partial charge is 0.0622 e. The largest absolute Gasteiger partial charge is 0.379 e. The van der Waals surface area contributed by atoms with E-state index in [9.17, 15) is 0 Å². The van der Waals surface area contributed by atoms with E-state index in [1.165, 1.54) is 25.7 Å². The van der Waals surface area contributed by atoms with Crippen LogP contribution in [0.3, 0.4) is 0 Å². The lowest BCUT2D eigenvalue weighted by molar-refractivity contribution is 0.000947. The highest BCUT2D eigenvalue weighted by atomic mass is 16.5. The van der Waals surface area contributed by atoms with Crippen molar-refractivity contribution < 1.29 is 4.74 Å². The molecule has 0 heterocycles. The lowest BCUT2D eigenvalue weighted by atomic mass is 9.65. The topological polar surface area (TPSA) is 21.3 Å². The number of ether oxygens (including phenoxy) is 1. The zero-order valence-electron chi connectivity index (χ0n) is 15.8. The molecule has 2 heteroatoms. The Morgan fingerprint density at radius 2 is 1.71 bits per heavy atom. The highest BCUT2D eigenvalue weighted by Crippen LogP contribution is 2.44. The molecular weight excluding hydrogens is 258 g/mol. The monoisotopic (exact) mass is 297 g/mol. The van der Waals surface area contributed by atoms with Crippen LogP contribution in [0, 0.1) is 17.3 Å². The molecule has 0 amide bonds. The summed E-state index contributed by atoms with van der Waals surface area (Å²) in [5.74, 6) is 1.66. The zero-order valence-corrected chi connectivity index (χ0v) is 15.8. The number of hydrogen-bond acceptors (Lipinski definition) is 2. The van der Waals surface area contributed by atoms with E-state index in [1.54, 1.807) is 0 Å². The minimum absolute atomic E-state index is 0.0175. The molecule has 0 aliphatic heterocycles. The van der Waals surface area contributed by atoms with Gasteiger partial charge in [-0.25, -0.2) is 0 Å². The Morgan fingerprint density at radius 1 is 1.10 bits per heavy atom. The first-order valence-corrected chi connectivity index (χ1v) is 8.74. The normalized spacial score (nSPS) is 26.9.